The fraction of sp³-hybridized carbons (Fsp3) is 0.263. The number of amides is 1. The third-order valence-electron chi connectivity index (χ3n) is 3.63. The minimum absolute atomic E-state index is 0.00233. The quantitative estimate of drug-likeness (QED) is 0.823. The summed E-state index contributed by atoms with van der Waals surface area (Å²) in [6.45, 7) is 3.92. The minimum Gasteiger partial charge on any atom is -0.350 e. The Labute approximate surface area is 131 Å². The lowest BCUT2D eigenvalue weighted by Crippen LogP contribution is -2.26. The van der Waals surface area contributed by atoms with Crippen molar-refractivity contribution in [1.29, 1.82) is 0 Å². The highest BCUT2D eigenvalue weighted by atomic mass is 16.2. The molecule has 2 aromatic carbocycles. The highest BCUT2D eigenvalue weighted by Crippen LogP contribution is 2.12. The molecule has 2 aromatic rings. The van der Waals surface area contributed by atoms with Crippen LogP contribution < -0.4 is 5.32 Å². The van der Waals surface area contributed by atoms with Gasteiger partial charge in [0.25, 0.3) is 0 Å². The monoisotopic (exact) mass is 295 g/mol. The number of Topliss-reactive ketones (excluding diaryl/α,β-unsaturated/α-hetero) is 1. The van der Waals surface area contributed by atoms with Gasteiger partial charge in [-0.3, -0.25) is 9.59 Å². The van der Waals surface area contributed by atoms with E-state index in [0.29, 0.717) is 5.56 Å². The molecule has 0 saturated carbocycles. The predicted molar refractivity (Wildman–Crippen MR) is 87.7 cm³/mol. The van der Waals surface area contributed by atoms with Crippen LogP contribution in [0.5, 0.6) is 0 Å². The molecule has 0 bridgehead atoms. The molecule has 0 heterocycles. The topological polar surface area (TPSA) is 46.2 Å². The van der Waals surface area contributed by atoms with Gasteiger partial charge in [0, 0.05) is 18.4 Å². The lowest BCUT2D eigenvalue weighted by Gasteiger charge is -2.14. The molecule has 22 heavy (non-hydrogen) atoms. The average Bonchev–Trinajstić information content (AvgIpc) is 2.54. The Kier molecular flexibility index (Phi) is 5.48. The van der Waals surface area contributed by atoms with Crippen LogP contribution in [0.1, 0.15) is 47.3 Å². The average molecular weight is 295 g/mol. The summed E-state index contributed by atoms with van der Waals surface area (Å²) in [5, 5.41) is 2.92. The van der Waals surface area contributed by atoms with Crippen molar-refractivity contribution in [3.8, 4) is 0 Å². The maximum atomic E-state index is 12.0. The summed E-state index contributed by atoms with van der Waals surface area (Å²) in [6.07, 6.45) is 0.445. The highest BCUT2D eigenvalue weighted by molar-refractivity contribution is 5.98. The van der Waals surface area contributed by atoms with Gasteiger partial charge in [-0.1, -0.05) is 60.2 Å². The molecule has 0 unspecified atom stereocenters. The largest absolute Gasteiger partial charge is 0.350 e. The first kappa shape index (κ1) is 16.0. The maximum Gasteiger partial charge on any atom is 0.220 e. The van der Waals surface area contributed by atoms with E-state index in [1.54, 1.807) is 0 Å². The zero-order valence-electron chi connectivity index (χ0n) is 13.0. The number of carbonyl (C=O) groups excluding carboxylic acids is 2. The summed E-state index contributed by atoms with van der Waals surface area (Å²) in [4.78, 5) is 24.0. The Balaban J connectivity index is 1.82. The fourth-order valence-electron chi connectivity index (χ4n) is 2.25. The zero-order chi connectivity index (χ0) is 15.9. The Morgan fingerprint density at radius 2 is 1.59 bits per heavy atom. The van der Waals surface area contributed by atoms with E-state index in [2.05, 4.69) is 5.32 Å². The van der Waals surface area contributed by atoms with E-state index < -0.39 is 0 Å². The number of hydrogen-bond donors (Lipinski definition) is 1. The molecule has 3 nitrogen and oxygen atoms in total. The number of rotatable bonds is 6. The maximum absolute atomic E-state index is 12.0. The Morgan fingerprint density at radius 1 is 0.955 bits per heavy atom. The van der Waals surface area contributed by atoms with E-state index in [4.69, 9.17) is 0 Å². The first-order valence-corrected chi connectivity index (χ1v) is 7.50. The van der Waals surface area contributed by atoms with Gasteiger partial charge in [-0.25, -0.2) is 0 Å². The normalized spacial score (nSPS) is 11.7. The van der Waals surface area contributed by atoms with Gasteiger partial charge < -0.3 is 5.32 Å². The van der Waals surface area contributed by atoms with Gasteiger partial charge in [-0.2, -0.15) is 0 Å². The number of carbonyl (C=O) groups is 2. The minimum atomic E-state index is -0.100. The molecule has 0 radical (unpaired) electrons. The third-order valence-corrected chi connectivity index (χ3v) is 3.63. The molecule has 0 aromatic heterocycles. The Morgan fingerprint density at radius 3 is 2.23 bits per heavy atom. The summed E-state index contributed by atoms with van der Waals surface area (Å²) < 4.78 is 0. The molecule has 0 aliphatic heterocycles. The summed E-state index contributed by atoms with van der Waals surface area (Å²) in [5.41, 5.74) is 2.83. The van der Waals surface area contributed by atoms with Crippen LogP contribution >= 0.6 is 0 Å². The molecule has 0 fully saturated rings. The Bertz CT molecular complexity index is 632. The van der Waals surface area contributed by atoms with Crippen molar-refractivity contribution >= 4 is 11.7 Å². The van der Waals surface area contributed by atoms with Crippen LogP contribution in [0.15, 0.2) is 54.6 Å². The van der Waals surface area contributed by atoms with Crippen molar-refractivity contribution in [3.63, 3.8) is 0 Å². The number of benzene rings is 2. The number of ketones is 1. The van der Waals surface area contributed by atoms with Gasteiger partial charge in [0.15, 0.2) is 5.78 Å². The summed E-state index contributed by atoms with van der Waals surface area (Å²) in [6, 6.07) is 17.2. The van der Waals surface area contributed by atoms with Crippen molar-refractivity contribution in [3.05, 3.63) is 71.3 Å². The number of nitrogens with one attached hydrogen (secondary N) is 1. The van der Waals surface area contributed by atoms with Gasteiger partial charge >= 0.3 is 0 Å². The van der Waals surface area contributed by atoms with E-state index in [9.17, 15) is 9.59 Å². The molecule has 0 spiro atoms. The predicted octanol–water partition coefficient (Wildman–Crippen LogP) is 3.84. The SMILES string of the molecule is Cc1ccc(C(=O)CCC(=O)N[C@H](C)c2ccccc2)cc1. The molecule has 0 aliphatic carbocycles. The second kappa shape index (κ2) is 7.55. The van der Waals surface area contributed by atoms with Crippen molar-refractivity contribution in [2.45, 2.75) is 32.7 Å². The van der Waals surface area contributed by atoms with E-state index in [-0.39, 0.29) is 30.6 Å². The van der Waals surface area contributed by atoms with Gasteiger partial charge in [0.2, 0.25) is 5.91 Å². The van der Waals surface area contributed by atoms with Crippen molar-refractivity contribution < 1.29 is 9.59 Å². The highest BCUT2D eigenvalue weighted by Gasteiger charge is 2.12. The number of hydrogen-bond acceptors (Lipinski definition) is 2. The third kappa shape index (κ3) is 4.55. The van der Waals surface area contributed by atoms with E-state index in [0.717, 1.165) is 11.1 Å². The van der Waals surface area contributed by atoms with Crippen molar-refractivity contribution in [2.75, 3.05) is 0 Å². The lowest BCUT2D eigenvalue weighted by molar-refractivity contribution is -0.121. The zero-order valence-corrected chi connectivity index (χ0v) is 13.0. The van der Waals surface area contributed by atoms with Gasteiger partial charge in [-0.05, 0) is 19.4 Å². The first-order chi connectivity index (χ1) is 10.6. The molecule has 2 rings (SSSR count). The van der Waals surface area contributed by atoms with E-state index in [1.807, 2.05) is 68.4 Å². The van der Waals surface area contributed by atoms with Crippen LogP contribution in [0.3, 0.4) is 0 Å². The Hall–Kier alpha value is -2.42. The van der Waals surface area contributed by atoms with Crippen LogP contribution in [-0.2, 0) is 4.79 Å². The summed E-state index contributed by atoms with van der Waals surface area (Å²) >= 11 is 0. The van der Waals surface area contributed by atoms with E-state index in [1.165, 1.54) is 0 Å². The molecule has 3 heteroatoms. The van der Waals surface area contributed by atoms with Crippen LogP contribution in [0.4, 0.5) is 0 Å². The number of aryl methyl sites for hydroxylation is 1. The lowest BCUT2D eigenvalue weighted by atomic mass is 10.0. The molecule has 114 valence electrons. The smallest absolute Gasteiger partial charge is 0.220 e. The van der Waals surface area contributed by atoms with Crippen LogP contribution in [0, 0.1) is 6.92 Å². The van der Waals surface area contributed by atoms with Crippen LogP contribution in [-0.4, -0.2) is 11.7 Å². The molecule has 1 N–H and O–H groups in total. The standard InChI is InChI=1S/C19H21NO2/c1-14-8-10-17(11-9-14)18(21)12-13-19(22)20-15(2)16-6-4-3-5-7-16/h3-11,15H,12-13H2,1-2H3,(H,20,22)/t15-/m1/s1. The molecular weight excluding hydrogens is 274 g/mol. The summed E-state index contributed by atoms with van der Waals surface area (Å²) in [7, 11) is 0. The van der Waals surface area contributed by atoms with Gasteiger partial charge in [-0.15, -0.1) is 0 Å². The molecular formula is C19H21NO2. The first-order valence-electron chi connectivity index (χ1n) is 7.50. The van der Waals surface area contributed by atoms with Gasteiger partial charge in [0.05, 0.1) is 6.04 Å². The second-order valence-corrected chi connectivity index (χ2v) is 5.49. The molecule has 1 amide bonds. The molecule has 0 saturated heterocycles. The second-order valence-electron chi connectivity index (χ2n) is 5.49. The van der Waals surface area contributed by atoms with Crippen LogP contribution in [0.2, 0.25) is 0 Å². The molecule has 0 aliphatic rings. The van der Waals surface area contributed by atoms with Crippen LogP contribution in [0.25, 0.3) is 0 Å². The molecule has 1 atom stereocenters. The van der Waals surface area contributed by atoms with Crippen molar-refractivity contribution in [1.82, 2.24) is 5.32 Å². The fourth-order valence-corrected chi connectivity index (χ4v) is 2.25. The van der Waals surface area contributed by atoms with Crippen molar-refractivity contribution in [2.24, 2.45) is 0 Å². The summed E-state index contributed by atoms with van der Waals surface area (Å²) in [5.74, 6) is -0.0978. The van der Waals surface area contributed by atoms with E-state index >= 15 is 0 Å². The van der Waals surface area contributed by atoms with Gasteiger partial charge in [0.1, 0.15) is 0 Å².